The molecule has 0 bridgehead atoms. The van der Waals surface area contributed by atoms with Crippen molar-refractivity contribution in [3.63, 3.8) is 0 Å². The van der Waals surface area contributed by atoms with E-state index in [0.717, 1.165) is 128 Å². The quantitative estimate of drug-likeness (QED) is 0.0262. The van der Waals surface area contributed by atoms with E-state index in [-0.39, 0.29) is 50.4 Å². The number of carbonyl (C=O) groups is 3. The van der Waals surface area contributed by atoms with Crippen molar-refractivity contribution in [2.45, 2.75) is 194 Å². The molecule has 0 heterocycles. The molecule has 0 fully saturated rings. The number of esters is 3. The first kappa shape index (κ1) is 63.8. The zero-order chi connectivity index (χ0) is 50.0. The van der Waals surface area contributed by atoms with E-state index in [9.17, 15) is 14.4 Å². The normalized spacial score (nSPS) is 13.5. The molecule has 0 aromatic rings. The molecule has 0 N–H and O–H groups in total. The molecule has 0 radical (unpaired) electrons. The maximum absolute atomic E-state index is 12.8. The van der Waals surface area contributed by atoms with Gasteiger partial charge < -0.3 is 14.2 Å². The van der Waals surface area contributed by atoms with E-state index in [1.54, 1.807) is 0 Å². The summed E-state index contributed by atoms with van der Waals surface area (Å²) >= 11 is 0. The van der Waals surface area contributed by atoms with Gasteiger partial charge in [-0.25, -0.2) is 0 Å². The number of rotatable bonds is 45. The molecule has 0 aliphatic heterocycles. The van der Waals surface area contributed by atoms with E-state index in [1.807, 2.05) is 12.2 Å². The van der Waals surface area contributed by atoms with Crippen molar-refractivity contribution in [3.8, 4) is 0 Å². The lowest BCUT2D eigenvalue weighted by molar-refractivity contribution is -0.166. The Hall–Kier alpha value is -5.23. The van der Waals surface area contributed by atoms with Crippen molar-refractivity contribution in [1.29, 1.82) is 0 Å². The largest absolute Gasteiger partial charge is 0.462 e. The minimum absolute atomic E-state index is 0.142. The van der Waals surface area contributed by atoms with Crippen molar-refractivity contribution in [1.82, 2.24) is 0 Å². The SMILES string of the molecule is CC/C=C\C/C=C\C/C=C\C/C=C\C/C=C\C/C=C\CCC(=O)OCC(COC(=O)CCCC/C=C\C/C=C\C/C=C\C/C=C\CC)OC(=O)CCCCCC/C=C\C/C=C\C/C=C\C/C=C\CC. The highest BCUT2D eigenvalue weighted by Gasteiger charge is 2.19. The predicted molar refractivity (Wildman–Crippen MR) is 297 cm³/mol. The Morgan fingerprint density at radius 1 is 0.290 bits per heavy atom. The van der Waals surface area contributed by atoms with Crippen LogP contribution in [-0.2, 0) is 28.6 Å². The second-order valence-electron chi connectivity index (χ2n) is 16.6. The Labute approximate surface area is 422 Å². The van der Waals surface area contributed by atoms with E-state index in [1.165, 1.54) is 0 Å². The Morgan fingerprint density at radius 3 is 0.913 bits per heavy atom. The molecule has 6 nitrogen and oxygen atoms in total. The first-order chi connectivity index (χ1) is 34.0. The summed E-state index contributed by atoms with van der Waals surface area (Å²) in [5.74, 6) is -1.11. The van der Waals surface area contributed by atoms with Crippen molar-refractivity contribution >= 4 is 17.9 Å². The number of allylic oxidation sites excluding steroid dienone is 28. The molecule has 1 atom stereocenters. The summed E-state index contributed by atoms with van der Waals surface area (Å²) in [6.07, 6.45) is 82.1. The van der Waals surface area contributed by atoms with Crippen LogP contribution in [0.25, 0.3) is 0 Å². The van der Waals surface area contributed by atoms with Gasteiger partial charge in [-0.05, 0) is 135 Å². The molecular weight excluding hydrogens is 853 g/mol. The van der Waals surface area contributed by atoms with Crippen LogP contribution in [0.4, 0.5) is 0 Å². The number of hydrogen-bond acceptors (Lipinski definition) is 6. The van der Waals surface area contributed by atoms with Gasteiger partial charge >= 0.3 is 17.9 Å². The van der Waals surface area contributed by atoms with Crippen molar-refractivity contribution in [2.75, 3.05) is 13.2 Å². The minimum Gasteiger partial charge on any atom is -0.462 e. The van der Waals surface area contributed by atoms with Crippen LogP contribution in [0.5, 0.6) is 0 Å². The summed E-state index contributed by atoms with van der Waals surface area (Å²) in [6, 6.07) is 0. The summed E-state index contributed by atoms with van der Waals surface area (Å²) in [7, 11) is 0. The van der Waals surface area contributed by atoms with Gasteiger partial charge in [-0.2, -0.15) is 0 Å². The molecule has 69 heavy (non-hydrogen) atoms. The van der Waals surface area contributed by atoms with Gasteiger partial charge in [-0.3, -0.25) is 14.4 Å². The van der Waals surface area contributed by atoms with Crippen molar-refractivity contribution < 1.29 is 28.6 Å². The van der Waals surface area contributed by atoms with E-state index < -0.39 is 6.10 Å². The lowest BCUT2D eigenvalue weighted by Crippen LogP contribution is -2.30. The molecule has 0 amide bonds. The van der Waals surface area contributed by atoms with Gasteiger partial charge in [0.15, 0.2) is 6.10 Å². The van der Waals surface area contributed by atoms with Crippen LogP contribution < -0.4 is 0 Å². The standard InChI is InChI=1S/C63H94O6/c1-4-7-10-13-16-19-22-25-28-30-31-33-35-38-41-44-47-50-53-56-62(65)68-59-60(58-67-61(64)55-52-49-46-43-40-37-34-27-24-21-18-15-12-9-6-3)69-63(66)57-54-51-48-45-42-39-36-32-29-26-23-20-17-14-11-8-5-2/h7-12,16-21,25-29,31,33-34,36,38-41,43,47,50,60H,4-6,13-15,22-24,30,32,35,37,42,44-46,48-49,51-59H2,1-3H3/b10-7-,11-8-,12-9-,19-16-,20-17-,21-18-,28-25-,29-26-,33-31-,34-27-,39-36-,41-38-,43-40-,50-47-. The third kappa shape index (κ3) is 53.6. The molecule has 6 heteroatoms. The van der Waals surface area contributed by atoms with Gasteiger partial charge in [0.05, 0.1) is 0 Å². The van der Waals surface area contributed by atoms with Gasteiger partial charge in [0.2, 0.25) is 0 Å². The maximum Gasteiger partial charge on any atom is 0.306 e. The van der Waals surface area contributed by atoms with E-state index in [2.05, 4.69) is 179 Å². The number of hydrogen-bond donors (Lipinski definition) is 0. The van der Waals surface area contributed by atoms with E-state index in [4.69, 9.17) is 14.2 Å². The van der Waals surface area contributed by atoms with Crippen molar-refractivity contribution in [3.05, 3.63) is 170 Å². The Bertz CT molecular complexity index is 1650. The highest BCUT2D eigenvalue weighted by atomic mass is 16.6. The summed E-state index contributed by atoms with van der Waals surface area (Å²) < 4.78 is 16.7. The summed E-state index contributed by atoms with van der Waals surface area (Å²) in [5, 5.41) is 0. The number of carbonyl (C=O) groups excluding carboxylic acids is 3. The third-order valence-corrected chi connectivity index (χ3v) is 10.2. The Kier molecular flexibility index (Phi) is 51.2. The van der Waals surface area contributed by atoms with Crippen LogP contribution in [-0.4, -0.2) is 37.2 Å². The van der Waals surface area contributed by atoms with Gasteiger partial charge in [-0.15, -0.1) is 0 Å². The van der Waals surface area contributed by atoms with Crippen LogP contribution in [0.3, 0.4) is 0 Å². The number of unbranched alkanes of at least 4 members (excludes halogenated alkanes) is 6. The molecule has 0 spiro atoms. The highest BCUT2D eigenvalue weighted by molar-refractivity contribution is 5.71. The van der Waals surface area contributed by atoms with Crippen LogP contribution >= 0.6 is 0 Å². The fourth-order valence-electron chi connectivity index (χ4n) is 6.33. The summed E-state index contributed by atoms with van der Waals surface area (Å²) in [6.45, 7) is 6.14. The van der Waals surface area contributed by atoms with E-state index in [0.29, 0.717) is 19.3 Å². The fraction of sp³-hybridized carbons (Fsp3) is 0.508. The molecule has 0 saturated carbocycles. The molecule has 0 aromatic heterocycles. The van der Waals surface area contributed by atoms with Crippen LogP contribution in [0.15, 0.2) is 170 Å². The molecule has 0 aliphatic rings. The summed E-state index contributed by atoms with van der Waals surface area (Å²) in [4.78, 5) is 38.0. The van der Waals surface area contributed by atoms with Crippen LogP contribution in [0.2, 0.25) is 0 Å². The van der Waals surface area contributed by atoms with Gasteiger partial charge in [-0.1, -0.05) is 204 Å². The third-order valence-electron chi connectivity index (χ3n) is 10.2. The second kappa shape index (κ2) is 55.4. The van der Waals surface area contributed by atoms with Crippen LogP contribution in [0.1, 0.15) is 188 Å². The van der Waals surface area contributed by atoms with Crippen LogP contribution in [0, 0.1) is 0 Å². The summed E-state index contributed by atoms with van der Waals surface area (Å²) in [5.41, 5.74) is 0. The molecule has 1 unspecified atom stereocenters. The zero-order valence-corrected chi connectivity index (χ0v) is 43.5. The average Bonchev–Trinajstić information content (AvgIpc) is 3.35. The Balaban J connectivity index is 4.65. The molecule has 0 rings (SSSR count). The highest BCUT2D eigenvalue weighted by Crippen LogP contribution is 2.11. The van der Waals surface area contributed by atoms with E-state index >= 15 is 0 Å². The van der Waals surface area contributed by atoms with Crippen molar-refractivity contribution in [2.24, 2.45) is 0 Å². The molecular formula is C63H94O6. The predicted octanol–water partition coefficient (Wildman–Crippen LogP) is 18.0. The Morgan fingerprint density at radius 2 is 0.551 bits per heavy atom. The number of ether oxygens (including phenoxy) is 3. The molecule has 0 saturated heterocycles. The zero-order valence-electron chi connectivity index (χ0n) is 43.5. The topological polar surface area (TPSA) is 78.9 Å². The molecule has 0 aromatic carbocycles. The fourth-order valence-corrected chi connectivity index (χ4v) is 6.33. The maximum atomic E-state index is 12.8. The average molecular weight is 947 g/mol. The smallest absolute Gasteiger partial charge is 0.306 e. The lowest BCUT2D eigenvalue weighted by atomic mass is 10.1. The molecule has 0 aliphatic carbocycles. The monoisotopic (exact) mass is 947 g/mol. The first-order valence-corrected chi connectivity index (χ1v) is 26.6. The van der Waals surface area contributed by atoms with Gasteiger partial charge in [0.1, 0.15) is 13.2 Å². The van der Waals surface area contributed by atoms with Gasteiger partial charge in [0.25, 0.3) is 0 Å². The first-order valence-electron chi connectivity index (χ1n) is 26.6. The second-order valence-corrected chi connectivity index (χ2v) is 16.6. The molecule has 382 valence electrons. The lowest BCUT2D eigenvalue weighted by Gasteiger charge is -2.18. The minimum atomic E-state index is -0.848. The van der Waals surface area contributed by atoms with Gasteiger partial charge in [0, 0.05) is 19.3 Å².